The van der Waals surface area contributed by atoms with Crippen LogP contribution < -0.4 is 9.47 Å². The molecule has 2 atom stereocenters. The first-order valence-electron chi connectivity index (χ1n) is 9.98. The summed E-state index contributed by atoms with van der Waals surface area (Å²) in [5.41, 5.74) is 1.14. The van der Waals surface area contributed by atoms with E-state index in [1.165, 1.54) is 6.42 Å². The van der Waals surface area contributed by atoms with Crippen molar-refractivity contribution in [1.82, 2.24) is 4.90 Å². The van der Waals surface area contributed by atoms with E-state index in [1.54, 1.807) is 23.9 Å². The van der Waals surface area contributed by atoms with Crippen LogP contribution in [0.2, 0.25) is 0 Å². The van der Waals surface area contributed by atoms with Gasteiger partial charge in [0.15, 0.2) is 0 Å². The minimum absolute atomic E-state index is 0.0113. The van der Waals surface area contributed by atoms with Crippen LogP contribution in [-0.2, 0) is 0 Å². The van der Waals surface area contributed by atoms with Gasteiger partial charge in [-0.25, -0.2) is 0 Å². The third kappa shape index (κ3) is 5.58. The van der Waals surface area contributed by atoms with Crippen molar-refractivity contribution in [2.24, 2.45) is 5.92 Å². The van der Waals surface area contributed by atoms with Gasteiger partial charge >= 0.3 is 0 Å². The lowest BCUT2D eigenvalue weighted by atomic mass is 10.1. The van der Waals surface area contributed by atoms with E-state index >= 15 is 0 Å². The number of aromatic hydroxyl groups is 1. The number of thioether (sulfide) groups is 1. The molecule has 0 bridgehead atoms. The summed E-state index contributed by atoms with van der Waals surface area (Å²) < 4.78 is 12.1. The predicted octanol–water partition coefficient (Wildman–Crippen LogP) is 5.36. The molecule has 4 nitrogen and oxygen atoms in total. The highest BCUT2D eigenvalue weighted by Gasteiger charge is 2.22. The lowest BCUT2D eigenvalue weighted by Gasteiger charge is -2.26. The van der Waals surface area contributed by atoms with Gasteiger partial charge < -0.3 is 19.5 Å². The maximum absolute atomic E-state index is 9.59. The topological polar surface area (TPSA) is 41.9 Å². The normalized spacial score (nSPS) is 17.3. The van der Waals surface area contributed by atoms with Crippen molar-refractivity contribution in [2.45, 2.75) is 44.2 Å². The average Bonchev–Trinajstić information content (AvgIpc) is 2.70. The fraction of sp³-hybridized carbons (Fsp3) is 0.478. The van der Waals surface area contributed by atoms with Crippen molar-refractivity contribution in [3.8, 4) is 17.2 Å². The van der Waals surface area contributed by atoms with E-state index in [1.807, 2.05) is 18.2 Å². The Morgan fingerprint density at radius 3 is 2.64 bits per heavy atom. The summed E-state index contributed by atoms with van der Waals surface area (Å²) in [5, 5.41) is 9.59. The number of likely N-dealkylation sites (N-methyl/N-ethyl adjacent to an activating group) is 1. The Balaban J connectivity index is 1.52. The molecule has 2 aromatic rings. The van der Waals surface area contributed by atoms with Crippen LogP contribution in [0.3, 0.4) is 0 Å². The molecule has 0 fully saturated rings. The Morgan fingerprint density at radius 2 is 1.93 bits per heavy atom. The van der Waals surface area contributed by atoms with Gasteiger partial charge in [-0.2, -0.15) is 0 Å². The molecule has 0 saturated carbocycles. The van der Waals surface area contributed by atoms with Gasteiger partial charge in [-0.1, -0.05) is 26.0 Å². The second-order valence-corrected chi connectivity index (χ2v) is 9.00. The van der Waals surface area contributed by atoms with Crippen molar-refractivity contribution in [3.63, 3.8) is 0 Å². The minimum atomic E-state index is 0.0113. The maximum Gasteiger partial charge on any atom is 0.134 e. The molecule has 0 spiro atoms. The van der Waals surface area contributed by atoms with Gasteiger partial charge in [0.2, 0.25) is 0 Å². The molecule has 0 unspecified atom stereocenters. The molecule has 152 valence electrons. The van der Waals surface area contributed by atoms with Gasteiger partial charge in [-0.05, 0) is 68.8 Å². The highest BCUT2D eigenvalue weighted by molar-refractivity contribution is 7.99. The van der Waals surface area contributed by atoms with E-state index in [-0.39, 0.29) is 11.9 Å². The molecule has 0 saturated heterocycles. The molecule has 1 heterocycles. The first kappa shape index (κ1) is 20.9. The van der Waals surface area contributed by atoms with Crippen molar-refractivity contribution in [2.75, 3.05) is 26.0 Å². The van der Waals surface area contributed by atoms with Crippen molar-refractivity contribution in [1.29, 1.82) is 0 Å². The van der Waals surface area contributed by atoms with Gasteiger partial charge in [-0.15, -0.1) is 11.8 Å². The summed E-state index contributed by atoms with van der Waals surface area (Å²) in [4.78, 5) is 3.35. The van der Waals surface area contributed by atoms with Crippen molar-refractivity contribution in [3.05, 3.63) is 48.0 Å². The Kier molecular flexibility index (Phi) is 7.13. The number of rotatable bonds is 8. The third-order valence-corrected chi connectivity index (χ3v) is 6.24. The molecule has 0 aliphatic carbocycles. The van der Waals surface area contributed by atoms with Crippen LogP contribution in [0.5, 0.6) is 17.2 Å². The summed E-state index contributed by atoms with van der Waals surface area (Å²) in [6.07, 6.45) is 1.22. The average molecular weight is 402 g/mol. The van der Waals surface area contributed by atoms with Crippen molar-refractivity contribution >= 4 is 11.8 Å². The van der Waals surface area contributed by atoms with E-state index < -0.39 is 0 Å². The zero-order valence-electron chi connectivity index (χ0n) is 17.2. The zero-order valence-corrected chi connectivity index (χ0v) is 18.0. The van der Waals surface area contributed by atoms with E-state index in [2.05, 4.69) is 44.9 Å². The van der Waals surface area contributed by atoms with Crippen LogP contribution in [0, 0.1) is 5.92 Å². The molecule has 1 aliphatic rings. The Morgan fingerprint density at radius 1 is 1.18 bits per heavy atom. The van der Waals surface area contributed by atoms with Gasteiger partial charge in [0.1, 0.15) is 30.0 Å². The summed E-state index contributed by atoms with van der Waals surface area (Å²) >= 11 is 1.71. The van der Waals surface area contributed by atoms with Crippen LogP contribution in [0.1, 0.15) is 38.9 Å². The van der Waals surface area contributed by atoms with Gasteiger partial charge in [0.05, 0.1) is 4.90 Å². The largest absolute Gasteiger partial charge is 0.508 e. The fourth-order valence-corrected chi connectivity index (χ4v) is 4.08. The van der Waals surface area contributed by atoms with Crippen LogP contribution in [0.15, 0.2) is 47.4 Å². The molecule has 0 radical (unpaired) electrons. The first-order valence-corrected chi connectivity index (χ1v) is 11.0. The number of hydrogen-bond acceptors (Lipinski definition) is 5. The number of fused-ring (bicyclic) bond motifs is 1. The van der Waals surface area contributed by atoms with Gasteiger partial charge in [0, 0.05) is 11.8 Å². The number of ether oxygens (including phenoxy) is 2. The SMILES string of the molecule is CC(C)CCN(C)[C@@H](C)COc1ccc([C@H]2CSc3cc(O)ccc3O2)cc1. The van der Waals surface area contributed by atoms with E-state index in [0.717, 1.165) is 40.2 Å². The zero-order chi connectivity index (χ0) is 20.1. The number of hydrogen-bond donors (Lipinski definition) is 1. The number of phenolic OH excluding ortho intramolecular Hbond substituents is 1. The number of phenols is 1. The van der Waals surface area contributed by atoms with E-state index in [4.69, 9.17) is 9.47 Å². The molecular formula is C23H31NO3S. The van der Waals surface area contributed by atoms with Crippen LogP contribution in [0.4, 0.5) is 0 Å². The minimum Gasteiger partial charge on any atom is -0.508 e. The standard InChI is InChI=1S/C23H31NO3S/c1-16(2)11-12-24(4)17(3)14-26-20-8-5-18(6-9-20)22-15-28-23-13-19(25)7-10-21(23)27-22/h5-10,13,16-17,22,25H,11-12,14-15H2,1-4H3/t17-,22+/m0/s1. The number of benzene rings is 2. The second-order valence-electron chi connectivity index (χ2n) is 7.94. The molecular weight excluding hydrogens is 370 g/mol. The van der Waals surface area contributed by atoms with Crippen LogP contribution in [0.25, 0.3) is 0 Å². The van der Waals surface area contributed by atoms with E-state index in [9.17, 15) is 5.11 Å². The Bertz CT molecular complexity index is 763. The van der Waals surface area contributed by atoms with Gasteiger partial charge in [-0.3, -0.25) is 0 Å². The quantitative estimate of drug-likeness (QED) is 0.645. The fourth-order valence-electron chi connectivity index (χ4n) is 3.03. The summed E-state index contributed by atoms with van der Waals surface area (Å²) in [7, 11) is 2.16. The summed E-state index contributed by atoms with van der Waals surface area (Å²) in [6.45, 7) is 8.50. The summed E-state index contributed by atoms with van der Waals surface area (Å²) in [5.74, 6) is 3.55. The highest BCUT2D eigenvalue weighted by Crippen LogP contribution is 2.42. The number of nitrogens with zero attached hydrogens (tertiary/aromatic N) is 1. The monoisotopic (exact) mass is 401 g/mol. The smallest absolute Gasteiger partial charge is 0.134 e. The second kappa shape index (κ2) is 9.57. The van der Waals surface area contributed by atoms with Crippen molar-refractivity contribution < 1.29 is 14.6 Å². The molecule has 1 N–H and O–H groups in total. The molecule has 2 aromatic carbocycles. The lowest BCUT2D eigenvalue weighted by Crippen LogP contribution is -2.35. The first-order chi connectivity index (χ1) is 13.4. The molecule has 3 rings (SSSR count). The third-order valence-electron chi connectivity index (χ3n) is 5.14. The maximum atomic E-state index is 9.59. The Hall–Kier alpha value is -1.85. The highest BCUT2D eigenvalue weighted by atomic mass is 32.2. The van der Waals surface area contributed by atoms with Crippen LogP contribution >= 0.6 is 11.8 Å². The summed E-state index contributed by atoms with van der Waals surface area (Å²) in [6, 6.07) is 13.8. The molecule has 5 heteroatoms. The molecule has 0 amide bonds. The molecule has 0 aromatic heterocycles. The van der Waals surface area contributed by atoms with E-state index in [0.29, 0.717) is 12.6 Å². The Labute approximate surface area is 172 Å². The lowest BCUT2D eigenvalue weighted by molar-refractivity contribution is 0.167. The van der Waals surface area contributed by atoms with Gasteiger partial charge in [0.25, 0.3) is 0 Å². The predicted molar refractivity (Wildman–Crippen MR) is 116 cm³/mol. The molecule has 28 heavy (non-hydrogen) atoms. The van der Waals surface area contributed by atoms with Crippen LogP contribution in [-0.4, -0.2) is 42.0 Å². The molecule has 1 aliphatic heterocycles.